The number of carbonyl (C=O) groups excluding carboxylic acids is 1. The normalized spacial score (nSPS) is 17.6. The van der Waals surface area contributed by atoms with E-state index in [1.165, 1.54) is 0 Å². The fraction of sp³-hybridized carbons (Fsp3) is 0.389. The zero-order valence-electron chi connectivity index (χ0n) is 13.5. The van der Waals surface area contributed by atoms with Crippen molar-refractivity contribution in [2.45, 2.75) is 45.7 Å². The van der Waals surface area contributed by atoms with Gasteiger partial charge in [0.05, 0.1) is 29.9 Å². The summed E-state index contributed by atoms with van der Waals surface area (Å²) in [5.74, 6) is 0.114. The summed E-state index contributed by atoms with van der Waals surface area (Å²) in [4.78, 5) is 11.7. The summed E-state index contributed by atoms with van der Waals surface area (Å²) < 4.78 is 1.93. The molecule has 1 aliphatic rings. The molecule has 118 valence electrons. The molecule has 0 spiro atoms. The fourth-order valence-electron chi connectivity index (χ4n) is 3.32. The van der Waals surface area contributed by atoms with E-state index in [0.717, 1.165) is 35.4 Å². The number of amides is 1. The zero-order valence-corrected chi connectivity index (χ0v) is 13.5. The monoisotopic (exact) mass is 308 g/mol. The highest BCUT2D eigenvalue weighted by Crippen LogP contribution is 2.29. The Balaban J connectivity index is 1.92. The van der Waals surface area contributed by atoms with Crippen LogP contribution in [-0.4, -0.2) is 15.7 Å². The third kappa shape index (κ3) is 2.98. The number of piperidine rings is 1. The number of nitrogens with zero attached hydrogens (tertiary/aromatic N) is 3. The van der Waals surface area contributed by atoms with Gasteiger partial charge in [-0.15, -0.1) is 0 Å². The lowest BCUT2D eigenvalue weighted by Gasteiger charge is -2.23. The van der Waals surface area contributed by atoms with Gasteiger partial charge in [-0.2, -0.15) is 10.4 Å². The summed E-state index contributed by atoms with van der Waals surface area (Å²) in [6, 6.07) is 9.86. The second-order valence-electron chi connectivity index (χ2n) is 6.02. The first-order chi connectivity index (χ1) is 11.1. The minimum Gasteiger partial charge on any atom is -0.349 e. The quantitative estimate of drug-likeness (QED) is 0.947. The van der Waals surface area contributed by atoms with Crippen LogP contribution in [0.25, 0.3) is 0 Å². The highest BCUT2D eigenvalue weighted by Gasteiger charge is 2.25. The molecule has 1 amide bonds. The largest absolute Gasteiger partial charge is 0.349 e. The van der Waals surface area contributed by atoms with Gasteiger partial charge in [-0.1, -0.05) is 18.2 Å². The van der Waals surface area contributed by atoms with Crippen LogP contribution in [0.15, 0.2) is 24.3 Å². The molecule has 1 atom stereocenters. The van der Waals surface area contributed by atoms with Crippen molar-refractivity contribution in [3.63, 3.8) is 0 Å². The molecule has 23 heavy (non-hydrogen) atoms. The number of hydrogen-bond donors (Lipinski definition) is 1. The number of nitrogens with one attached hydrogen (secondary N) is 1. The van der Waals surface area contributed by atoms with Crippen LogP contribution in [0, 0.1) is 25.2 Å². The van der Waals surface area contributed by atoms with Crippen molar-refractivity contribution in [3.8, 4) is 6.07 Å². The Morgan fingerprint density at radius 2 is 2.17 bits per heavy atom. The van der Waals surface area contributed by atoms with Crippen molar-refractivity contribution in [3.05, 3.63) is 52.3 Å². The number of hydrogen-bond acceptors (Lipinski definition) is 3. The van der Waals surface area contributed by atoms with E-state index in [4.69, 9.17) is 0 Å². The maximum absolute atomic E-state index is 11.7. The molecule has 0 bridgehead atoms. The Hall–Kier alpha value is -2.61. The average Bonchev–Trinajstić information content (AvgIpc) is 2.82. The molecular weight excluding hydrogens is 288 g/mol. The predicted octanol–water partition coefficient (Wildman–Crippen LogP) is 2.76. The maximum atomic E-state index is 11.7. The maximum Gasteiger partial charge on any atom is 0.220 e. The van der Waals surface area contributed by atoms with Crippen molar-refractivity contribution >= 4 is 5.91 Å². The molecule has 0 aliphatic carbocycles. The van der Waals surface area contributed by atoms with Gasteiger partial charge < -0.3 is 5.32 Å². The number of aromatic nitrogens is 2. The minimum atomic E-state index is 0.0520. The van der Waals surface area contributed by atoms with Gasteiger partial charge in [-0.05, 0) is 38.3 Å². The van der Waals surface area contributed by atoms with E-state index in [2.05, 4.69) is 16.5 Å². The Labute approximate surface area is 135 Å². The molecule has 1 unspecified atom stereocenters. The minimum absolute atomic E-state index is 0.0520. The smallest absolute Gasteiger partial charge is 0.220 e. The van der Waals surface area contributed by atoms with Crippen molar-refractivity contribution in [2.24, 2.45) is 0 Å². The fourth-order valence-corrected chi connectivity index (χ4v) is 3.32. The van der Waals surface area contributed by atoms with Crippen molar-refractivity contribution in [2.75, 3.05) is 0 Å². The van der Waals surface area contributed by atoms with Gasteiger partial charge in [0.25, 0.3) is 0 Å². The summed E-state index contributed by atoms with van der Waals surface area (Å²) in [6.45, 7) is 4.58. The van der Waals surface area contributed by atoms with Crippen LogP contribution >= 0.6 is 0 Å². The summed E-state index contributed by atoms with van der Waals surface area (Å²) >= 11 is 0. The van der Waals surface area contributed by atoms with Gasteiger partial charge >= 0.3 is 0 Å². The predicted molar refractivity (Wildman–Crippen MR) is 86.7 cm³/mol. The number of rotatable bonds is 3. The van der Waals surface area contributed by atoms with Crippen LogP contribution < -0.4 is 5.32 Å². The molecule has 5 nitrogen and oxygen atoms in total. The Kier molecular flexibility index (Phi) is 4.16. The van der Waals surface area contributed by atoms with Crippen LogP contribution in [0.3, 0.4) is 0 Å². The Morgan fingerprint density at radius 3 is 2.91 bits per heavy atom. The van der Waals surface area contributed by atoms with Gasteiger partial charge in [0.1, 0.15) is 0 Å². The van der Waals surface area contributed by atoms with Gasteiger partial charge in [0.15, 0.2) is 0 Å². The molecule has 1 saturated heterocycles. The molecule has 2 heterocycles. The van der Waals surface area contributed by atoms with Crippen LogP contribution in [0.4, 0.5) is 0 Å². The molecule has 1 aromatic carbocycles. The summed E-state index contributed by atoms with van der Waals surface area (Å²) in [7, 11) is 0. The molecule has 0 saturated carbocycles. The van der Waals surface area contributed by atoms with Crippen molar-refractivity contribution in [1.82, 2.24) is 15.1 Å². The summed E-state index contributed by atoms with van der Waals surface area (Å²) in [5, 5.41) is 16.9. The first kappa shape index (κ1) is 15.3. The highest BCUT2D eigenvalue weighted by molar-refractivity contribution is 5.77. The van der Waals surface area contributed by atoms with E-state index >= 15 is 0 Å². The zero-order chi connectivity index (χ0) is 16.4. The van der Waals surface area contributed by atoms with Gasteiger partial charge in [0, 0.05) is 17.7 Å². The van der Waals surface area contributed by atoms with E-state index in [-0.39, 0.29) is 11.9 Å². The van der Waals surface area contributed by atoms with Crippen LogP contribution in [0.5, 0.6) is 0 Å². The molecule has 3 rings (SSSR count). The molecule has 1 N–H and O–H groups in total. The molecule has 1 aromatic heterocycles. The van der Waals surface area contributed by atoms with Gasteiger partial charge in [-0.3, -0.25) is 9.48 Å². The lowest BCUT2D eigenvalue weighted by molar-refractivity contribution is -0.123. The van der Waals surface area contributed by atoms with E-state index in [0.29, 0.717) is 18.5 Å². The van der Waals surface area contributed by atoms with Crippen LogP contribution in [-0.2, 0) is 11.3 Å². The first-order valence-corrected chi connectivity index (χ1v) is 7.91. The van der Waals surface area contributed by atoms with E-state index in [1.54, 1.807) is 0 Å². The van der Waals surface area contributed by atoms with Crippen LogP contribution in [0.2, 0.25) is 0 Å². The van der Waals surface area contributed by atoms with Crippen molar-refractivity contribution in [1.29, 1.82) is 5.26 Å². The van der Waals surface area contributed by atoms with Crippen molar-refractivity contribution < 1.29 is 4.79 Å². The Bertz CT molecular complexity index is 785. The summed E-state index contributed by atoms with van der Waals surface area (Å²) in [5.41, 5.74) is 4.76. The third-order valence-electron chi connectivity index (χ3n) is 4.48. The van der Waals surface area contributed by atoms with Gasteiger partial charge in [-0.25, -0.2) is 0 Å². The van der Waals surface area contributed by atoms with E-state index in [1.807, 2.05) is 42.8 Å². The lowest BCUT2D eigenvalue weighted by Crippen LogP contribution is -2.33. The number of aryl methyl sites for hydroxylation is 1. The summed E-state index contributed by atoms with van der Waals surface area (Å²) in [6.07, 6.45) is 2.48. The molecule has 0 radical (unpaired) electrons. The topological polar surface area (TPSA) is 70.7 Å². The molecule has 5 heteroatoms. The standard InChI is InChI=1S/C18H20N4O/c1-12-18(16-8-5-9-17(23)20-16)13(2)22(21-12)11-15-7-4-3-6-14(15)10-19/h3-4,6-7,16H,5,8-9,11H2,1-2H3,(H,20,23). The second kappa shape index (κ2) is 6.25. The van der Waals surface area contributed by atoms with Gasteiger partial charge in [0.2, 0.25) is 5.91 Å². The van der Waals surface area contributed by atoms with E-state index < -0.39 is 0 Å². The number of benzene rings is 1. The SMILES string of the molecule is Cc1nn(Cc2ccccc2C#N)c(C)c1C1CCCC(=O)N1. The third-order valence-corrected chi connectivity index (χ3v) is 4.48. The second-order valence-corrected chi connectivity index (χ2v) is 6.02. The highest BCUT2D eigenvalue weighted by atomic mass is 16.1. The number of carbonyl (C=O) groups is 1. The molecule has 2 aromatic rings. The molecule has 1 fully saturated rings. The molecule has 1 aliphatic heterocycles. The Morgan fingerprint density at radius 1 is 1.39 bits per heavy atom. The lowest BCUT2D eigenvalue weighted by atomic mass is 9.95. The molecular formula is C18H20N4O. The van der Waals surface area contributed by atoms with Crippen LogP contribution in [0.1, 0.15) is 53.4 Å². The first-order valence-electron chi connectivity index (χ1n) is 7.91. The van der Waals surface area contributed by atoms with E-state index in [9.17, 15) is 10.1 Å². The number of nitriles is 1. The average molecular weight is 308 g/mol.